The first kappa shape index (κ1) is 46.3. The van der Waals surface area contributed by atoms with Gasteiger partial charge in [-0.1, -0.05) is 161 Å². The molecule has 7 rings (SSSR count). The molecule has 0 aliphatic heterocycles. The predicted octanol–water partition coefficient (Wildman–Crippen LogP) is 15.9. The van der Waals surface area contributed by atoms with E-state index in [0.29, 0.717) is 23.7 Å². The maximum Gasteiger partial charge on any atom is 0.157 e. The molecule has 2 aromatic heterocycles. The summed E-state index contributed by atoms with van der Waals surface area (Å²) in [5.74, 6) is 1.46. The van der Waals surface area contributed by atoms with Crippen LogP contribution in [0.2, 0.25) is 0 Å². The molecule has 4 aromatic carbocycles. The van der Waals surface area contributed by atoms with Crippen LogP contribution in [0.1, 0.15) is 142 Å². The van der Waals surface area contributed by atoms with E-state index < -0.39 is 0 Å². The zero-order chi connectivity index (χ0) is 41.7. The Kier molecular flexibility index (Phi) is 15.8. The molecular weight excluding hydrogens is 901 g/mol. The number of benzene rings is 4. The quantitative estimate of drug-likeness (QED) is 0.0907. The molecule has 0 bridgehead atoms. The van der Waals surface area contributed by atoms with E-state index in [1.807, 2.05) is 6.08 Å². The number of pyridine rings is 1. The van der Waals surface area contributed by atoms with Gasteiger partial charge in [0.2, 0.25) is 0 Å². The average molecular weight is 969 g/mol. The van der Waals surface area contributed by atoms with Gasteiger partial charge in [-0.15, -0.1) is 35.2 Å². The molecule has 6 aromatic rings. The number of para-hydroxylation sites is 1. The topological polar surface area (TPSA) is 57.2 Å². The van der Waals surface area contributed by atoms with Gasteiger partial charge < -0.3 is 9.73 Å². The van der Waals surface area contributed by atoms with E-state index in [2.05, 4.69) is 143 Å². The molecular formula is C54H68IrN2O2-2. The number of nitrogens with zero attached hydrogens (tertiary/aromatic N) is 2. The molecule has 1 saturated carbocycles. The first-order valence-electron chi connectivity index (χ1n) is 22.4. The number of carbonyl (C=O) groups is 1. The summed E-state index contributed by atoms with van der Waals surface area (Å²) in [6.45, 7) is 24.3. The normalized spacial score (nSPS) is 14.1. The summed E-state index contributed by atoms with van der Waals surface area (Å²) in [7, 11) is 0. The van der Waals surface area contributed by atoms with Gasteiger partial charge >= 0.3 is 0 Å². The molecule has 0 spiro atoms. The summed E-state index contributed by atoms with van der Waals surface area (Å²) >= 11 is 0. The molecule has 2 heterocycles. The van der Waals surface area contributed by atoms with Gasteiger partial charge in [0.1, 0.15) is 11.2 Å². The van der Waals surface area contributed by atoms with Crippen LogP contribution < -0.4 is 0 Å². The van der Waals surface area contributed by atoms with Crippen molar-refractivity contribution in [3.8, 4) is 11.3 Å². The van der Waals surface area contributed by atoms with Crippen molar-refractivity contribution in [1.29, 1.82) is 0 Å². The van der Waals surface area contributed by atoms with Crippen LogP contribution in [0.15, 0.2) is 76.9 Å². The molecule has 317 valence electrons. The second kappa shape index (κ2) is 20.2. The number of carbonyl (C=O) groups excluding carboxylic acids is 1. The van der Waals surface area contributed by atoms with Crippen LogP contribution in [-0.4, -0.2) is 16.8 Å². The standard InChI is InChI=1S/C35H34NO.C19H35NO.Ir/c1-20(2)15-24-12-10-14-27-31-32(25-18-23-11-8-9-13-26(23)28(19-25)35(5,6)7)36-29-17-21(3)16-22(4)30(29)34(31)37-33(24)27;1-5-15(6-2)18(14-19(21)16(7-3)8-4)20-17-12-10-9-11-13-17;/h8-14,16-17,19-20H,15H2,1-7H3;14-17H,5-13H2,1-4H3,(H,20,21);/q-1;;/p-1. The first-order chi connectivity index (χ1) is 27.8. The van der Waals surface area contributed by atoms with Crippen LogP contribution >= 0.6 is 0 Å². The third-order valence-electron chi connectivity index (χ3n) is 12.4. The Hall–Kier alpha value is -3.79. The zero-order valence-electron chi connectivity index (χ0n) is 37.8. The summed E-state index contributed by atoms with van der Waals surface area (Å²) in [6, 6.07) is 26.0. The maximum absolute atomic E-state index is 12.5. The van der Waals surface area contributed by atoms with Gasteiger partial charge in [-0.3, -0.25) is 9.78 Å². The third-order valence-corrected chi connectivity index (χ3v) is 12.4. The number of ketones is 1. The number of hydrogen-bond acceptors (Lipinski definition) is 3. The molecule has 1 fully saturated rings. The molecule has 0 N–H and O–H groups in total. The van der Waals surface area contributed by atoms with Crippen molar-refractivity contribution in [3.63, 3.8) is 0 Å². The molecule has 1 aliphatic carbocycles. The second-order valence-corrected chi connectivity index (χ2v) is 18.4. The smallest absolute Gasteiger partial charge is 0.157 e. The van der Waals surface area contributed by atoms with Gasteiger partial charge in [0, 0.05) is 47.9 Å². The van der Waals surface area contributed by atoms with E-state index in [-0.39, 0.29) is 31.4 Å². The van der Waals surface area contributed by atoms with E-state index >= 15 is 0 Å². The van der Waals surface area contributed by atoms with Crippen LogP contribution in [0.3, 0.4) is 0 Å². The first-order valence-corrected chi connectivity index (χ1v) is 22.4. The minimum atomic E-state index is -0.0184. The van der Waals surface area contributed by atoms with Crippen molar-refractivity contribution in [1.82, 2.24) is 4.98 Å². The third kappa shape index (κ3) is 10.4. The molecule has 1 radical (unpaired) electrons. The Morgan fingerprint density at radius 3 is 2.15 bits per heavy atom. The number of furan rings is 1. The molecule has 5 heteroatoms. The minimum absolute atomic E-state index is 0. The van der Waals surface area contributed by atoms with Crippen LogP contribution in [0.25, 0.3) is 60.2 Å². The Balaban J connectivity index is 0.000000258. The van der Waals surface area contributed by atoms with Gasteiger partial charge in [0.05, 0.1) is 5.52 Å². The number of fused-ring (bicyclic) bond motifs is 6. The number of rotatable bonds is 12. The SMILES string of the molecule is CCC(CC)C(=O)/C=C(\[N-]C1CCCCC1)C(CC)CC.Cc1cc(C)c2c(c1)nc(-c1[c-]c3ccccc3c(C(C)(C)C)c1)c1c3cccc(CC(C)C)c3oc21.[Ir]. The summed E-state index contributed by atoms with van der Waals surface area (Å²) in [6.07, 6.45) is 13.3. The Bertz CT molecular complexity index is 2400. The molecule has 4 nitrogen and oxygen atoms in total. The largest absolute Gasteiger partial charge is 0.685 e. The Morgan fingerprint density at radius 2 is 1.51 bits per heavy atom. The van der Waals surface area contributed by atoms with Crippen molar-refractivity contribution < 1.29 is 29.3 Å². The van der Waals surface area contributed by atoms with Gasteiger partial charge in [0.25, 0.3) is 0 Å². The fourth-order valence-corrected chi connectivity index (χ4v) is 9.21. The van der Waals surface area contributed by atoms with Gasteiger partial charge in [0.15, 0.2) is 5.78 Å². The molecule has 0 atom stereocenters. The molecule has 0 amide bonds. The number of aryl methyl sites for hydroxylation is 2. The number of allylic oxidation sites excluding steroid dienone is 2. The van der Waals surface area contributed by atoms with E-state index in [0.717, 1.165) is 87.3 Å². The summed E-state index contributed by atoms with van der Waals surface area (Å²) in [5.41, 5.74) is 10.9. The van der Waals surface area contributed by atoms with Crippen LogP contribution in [-0.2, 0) is 36.7 Å². The van der Waals surface area contributed by atoms with E-state index in [1.54, 1.807) is 0 Å². The predicted molar refractivity (Wildman–Crippen MR) is 249 cm³/mol. The fourth-order valence-electron chi connectivity index (χ4n) is 9.21. The minimum Gasteiger partial charge on any atom is -0.685 e. The second-order valence-electron chi connectivity index (χ2n) is 18.4. The molecule has 0 saturated heterocycles. The fraction of sp³-hybridized carbons (Fsp3) is 0.481. The number of aromatic nitrogens is 1. The van der Waals surface area contributed by atoms with Crippen molar-refractivity contribution in [2.24, 2.45) is 17.8 Å². The number of hydrogen-bond donors (Lipinski definition) is 0. The van der Waals surface area contributed by atoms with Crippen molar-refractivity contribution >= 4 is 49.4 Å². The zero-order valence-corrected chi connectivity index (χ0v) is 40.2. The Morgan fingerprint density at radius 1 is 0.847 bits per heavy atom. The van der Waals surface area contributed by atoms with Gasteiger partial charge in [-0.25, -0.2) is 0 Å². The summed E-state index contributed by atoms with van der Waals surface area (Å²) in [5, 5.41) is 10.7. The van der Waals surface area contributed by atoms with Crippen molar-refractivity contribution in [2.45, 2.75) is 152 Å². The maximum atomic E-state index is 12.5. The molecule has 1 aliphatic rings. The molecule has 59 heavy (non-hydrogen) atoms. The van der Waals surface area contributed by atoms with Crippen LogP contribution in [0.5, 0.6) is 0 Å². The summed E-state index contributed by atoms with van der Waals surface area (Å²) < 4.78 is 6.81. The van der Waals surface area contributed by atoms with Crippen LogP contribution in [0.4, 0.5) is 0 Å². The van der Waals surface area contributed by atoms with E-state index in [1.165, 1.54) is 59.7 Å². The van der Waals surface area contributed by atoms with E-state index in [9.17, 15) is 4.79 Å². The van der Waals surface area contributed by atoms with E-state index in [4.69, 9.17) is 14.7 Å². The van der Waals surface area contributed by atoms with Crippen molar-refractivity contribution in [2.75, 3.05) is 0 Å². The summed E-state index contributed by atoms with van der Waals surface area (Å²) in [4.78, 5) is 17.8. The van der Waals surface area contributed by atoms with Crippen molar-refractivity contribution in [3.05, 3.63) is 106 Å². The van der Waals surface area contributed by atoms with Gasteiger partial charge in [-0.2, -0.15) is 5.70 Å². The molecule has 0 unspecified atom stereocenters. The van der Waals surface area contributed by atoms with Crippen LogP contribution in [0, 0.1) is 37.7 Å². The van der Waals surface area contributed by atoms with Gasteiger partial charge in [-0.05, 0) is 79.2 Å². The Labute approximate surface area is 368 Å². The average Bonchev–Trinajstić information content (AvgIpc) is 3.58. The monoisotopic (exact) mass is 969 g/mol.